The van der Waals surface area contributed by atoms with Gasteiger partial charge in [0.1, 0.15) is 5.75 Å². The Morgan fingerprint density at radius 3 is 2.17 bits per heavy atom. The van der Waals surface area contributed by atoms with Crippen molar-refractivity contribution in [3.8, 4) is 5.75 Å². The number of rotatable bonds is 6. The highest BCUT2D eigenvalue weighted by atomic mass is 16.5. The Morgan fingerprint density at radius 1 is 1.04 bits per heavy atom. The van der Waals surface area contributed by atoms with Gasteiger partial charge >= 0.3 is 11.9 Å². The van der Waals surface area contributed by atoms with Crippen molar-refractivity contribution in [2.24, 2.45) is 0 Å². The zero-order valence-corrected chi connectivity index (χ0v) is 14.3. The molecule has 0 saturated carbocycles. The topological polar surface area (TPSA) is 90.0 Å². The second-order valence-electron chi connectivity index (χ2n) is 5.06. The SMILES string of the molecule is CCOC(=O)CCc1cc(N(C(C)=O)C(C)=O)ccc1OC(C)=O. The third-order valence-corrected chi connectivity index (χ3v) is 3.09. The number of carbonyl (C=O) groups is 4. The number of anilines is 1. The van der Waals surface area contributed by atoms with E-state index in [1.54, 1.807) is 13.0 Å². The van der Waals surface area contributed by atoms with Crippen LogP contribution >= 0.6 is 0 Å². The average Bonchev–Trinajstić information content (AvgIpc) is 2.46. The molecule has 0 radical (unpaired) electrons. The van der Waals surface area contributed by atoms with Crippen LogP contribution < -0.4 is 9.64 Å². The molecular formula is C17H21NO6. The maximum atomic E-state index is 11.7. The number of hydrogen-bond acceptors (Lipinski definition) is 6. The second kappa shape index (κ2) is 8.81. The molecule has 7 heteroatoms. The minimum atomic E-state index is -0.505. The largest absolute Gasteiger partial charge is 0.466 e. The Hall–Kier alpha value is -2.70. The molecule has 0 fully saturated rings. The molecule has 0 saturated heterocycles. The first-order chi connectivity index (χ1) is 11.3. The normalized spacial score (nSPS) is 10.0. The summed E-state index contributed by atoms with van der Waals surface area (Å²) in [5.41, 5.74) is 0.882. The highest BCUT2D eigenvalue weighted by molar-refractivity contribution is 6.13. The van der Waals surface area contributed by atoms with Gasteiger partial charge in [-0.15, -0.1) is 0 Å². The molecule has 2 amide bonds. The number of nitrogens with zero attached hydrogens (tertiary/aromatic N) is 1. The second-order valence-corrected chi connectivity index (χ2v) is 5.06. The molecular weight excluding hydrogens is 314 g/mol. The van der Waals surface area contributed by atoms with Gasteiger partial charge in [0.2, 0.25) is 11.8 Å². The molecule has 0 atom stereocenters. The van der Waals surface area contributed by atoms with Gasteiger partial charge in [-0.2, -0.15) is 0 Å². The van der Waals surface area contributed by atoms with Gasteiger partial charge < -0.3 is 9.47 Å². The van der Waals surface area contributed by atoms with E-state index in [-0.39, 0.29) is 31.2 Å². The summed E-state index contributed by atoms with van der Waals surface area (Å²) in [6.45, 7) is 5.80. The fraction of sp³-hybridized carbons (Fsp3) is 0.412. The molecule has 0 spiro atoms. The summed E-state index contributed by atoms with van der Waals surface area (Å²) in [7, 11) is 0. The van der Waals surface area contributed by atoms with Gasteiger partial charge in [0.15, 0.2) is 0 Å². The molecule has 1 aromatic rings. The van der Waals surface area contributed by atoms with E-state index in [2.05, 4.69) is 0 Å². The predicted molar refractivity (Wildman–Crippen MR) is 86.5 cm³/mol. The van der Waals surface area contributed by atoms with Crippen molar-refractivity contribution in [3.63, 3.8) is 0 Å². The fourth-order valence-corrected chi connectivity index (χ4v) is 2.21. The van der Waals surface area contributed by atoms with Crippen LogP contribution in [0.4, 0.5) is 5.69 Å². The first-order valence-electron chi connectivity index (χ1n) is 7.54. The van der Waals surface area contributed by atoms with Crippen molar-refractivity contribution < 1.29 is 28.7 Å². The first-order valence-corrected chi connectivity index (χ1v) is 7.54. The quantitative estimate of drug-likeness (QED) is 0.583. The fourth-order valence-electron chi connectivity index (χ4n) is 2.21. The Balaban J connectivity index is 3.16. The van der Waals surface area contributed by atoms with Crippen LogP contribution in [0.1, 0.15) is 39.7 Å². The maximum Gasteiger partial charge on any atom is 0.308 e. The van der Waals surface area contributed by atoms with Gasteiger partial charge in [-0.1, -0.05) is 0 Å². The molecule has 0 aliphatic heterocycles. The minimum Gasteiger partial charge on any atom is -0.466 e. The number of ether oxygens (including phenoxy) is 2. The number of esters is 2. The lowest BCUT2D eigenvalue weighted by atomic mass is 10.1. The lowest BCUT2D eigenvalue weighted by molar-refractivity contribution is -0.143. The molecule has 130 valence electrons. The Kier molecular flexibility index (Phi) is 7.10. The molecule has 0 heterocycles. The van der Waals surface area contributed by atoms with Crippen LogP contribution in [-0.4, -0.2) is 30.4 Å². The Morgan fingerprint density at radius 2 is 1.67 bits per heavy atom. The van der Waals surface area contributed by atoms with E-state index in [0.29, 0.717) is 11.3 Å². The zero-order valence-electron chi connectivity index (χ0n) is 14.3. The van der Waals surface area contributed by atoms with Crippen molar-refractivity contribution in [1.29, 1.82) is 0 Å². The van der Waals surface area contributed by atoms with Crippen LogP contribution in [0.5, 0.6) is 5.75 Å². The van der Waals surface area contributed by atoms with E-state index >= 15 is 0 Å². The predicted octanol–water partition coefficient (Wildman–Crippen LogP) is 2.01. The molecule has 0 aliphatic rings. The van der Waals surface area contributed by atoms with Crippen molar-refractivity contribution in [1.82, 2.24) is 0 Å². The van der Waals surface area contributed by atoms with Crippen LogP contribution in [0.3, 0.4) is 0 Å². The molecule has 1 rings (SSSR count). The monoisotopic (exact) mass is 335 g/mol. The number of benzene rings is 1. The van der Waals surface area contributed by atoms with Gasteiger partial charge in [-0.25, -0.2) is 0 Å². The number of amides is 2. The smallest absolute Gasteiger partial charge is 0.308 e. The molecule has 0 aliphatic carbocycles. The summed E-state index contributed by atoms with van der Waals surface area (Å²) < 4.78 is 9.99. The van der Waals surface area contributed by atoms with Crippen LogP contribution in [0, 0.1) is 0 Å². The lowest BCUT2D eigenvalue weighted by Crippen LogP contribution is -2.33. The maximum absolute atomic E-state index is 11.7. The number of aryl methyl sites for hydroxylation is 1. The summed E-state index contributed by atoms with van der Waals surface area (Å²) in [5, 5.41) is 0. The number of carbonyl (C=O) groups excluding carboxylic acids is 4. The molecule has 0 aromatic heterocycles. The van der Waals surface area contributed by atoms with Gasteiger partial charge in [-0.05, 0) is 37.1 Å². The van der Waals surface area contributed by atoms with Crippen LogP contribution in [0.15, 0.2) is 18.2 Å². The average molecular weight is 335 g/mol. The third kappa shape index (κ3) is 5.49. The summed E-state index contributed by atoms with van der Waals surface area (Å²) in [4.78, 5) is 47.1. The molecule has 7 nitrogen and oxygen atoms in total. The van der Waals surface area contributed by atoms with Crippen molar-refractivity contribution in [2.75, 3.05) is 11.5 Å². The highest BCUT2D eigenvalue weighted by Crippen LogP contribution is 2.27. The van der Waals surface area contributed by atoms with Gasteiger partial charge in [0.05, 0.1) is 12.3 Å². The molecule has 0 N–H and O–H groups in total. The Bertz CT molecular complexity index is 638. The van der Waals surface area contributed by atoms with Crippen molar-refractivity contribution in [2.45, 2.75) is 40.5 Å². The molecule has 24 heavy (non-hydrogen) atoms. The van der Waals surface area contributed by atoms with E-state index in [4.69, 9.17) is 9.47 Å². The lowest BCUT2D eigenvalue weighted by Gasteiger charge is -2.19. The summed E-state index contributed by atoms with van der Waals surface area (Å²) >= 11 is 0. The summed E-state index contributed by atoms with van der Waals surface area (Å²) in [5.74, 6) is -1.47. The first kappa shape index (κ1) is 19.3. The van der Waals surface area contributed by atoms with Gasteiger partial charge in [0, 0.05) is 27.2 Å². The van der Waals surface area contributed by atoms with Crippen LogP contribution in [-0.2, 0) is 30.3 Å². The van der Waals surface area contributed by atoms with Crippen LogP contribution in [0.2, 0.25) is 0 Å². The number of hydrogen-bond donors (Lipinski definition) is 0. The Labute approximate surface area is 140 Å². The highest BCUT2D eigenvalue weighted by Gasteiger charge is 2.19. The van der Waals surface area contributed by atoms with Crippen molar-refractivity contribution in [3.05, 3.63) is 23.8 Å². The zero-order chi connectivity index (χ0) is 18.3. The van der Waals surface area contributed by atoms with E-state index in [1.165, 1.54) is 32.9 Å². The van der Waals surface area contributed by atoms with Crippen molar-refractivity contribution >= 4 is 29.4 Å². The minimum absolute atomic E-state index is 0.0890. The summed E-state index contributed by atoms with van der Waals surface area (Å²) in [6.07, 6.45) is 0.338. The van der Waals surface area contributed by atoms with E-state index < -0.39 is 17.8 Å². The van der Waals surface area contributed by atoms with Crippen LogP contribution in [0.25, 0.3) is 0 Å². The summed E-state index contributed by atoms with van der Waals surface area (Å²) in [6, 6.07) is 4.56. The standard InChI is InChI=1S/C17H21NO6/c1-5-23-17(22)9-6-14-10-15(18(11(2)19)12(3)20)7-8-16(14)24-13(4)21/h7-8,10H,5-6,9H2,1-4H3. The van der Waals surface area contributed by atoms with E-state index in [1.807, 2.05) is 0 Å². The third-order valence-electron chi connectivity index (χ3n) is 3.09. The van der Waals surface area contributed by atoms with Gasteiger partial charge in [0.25, 0.3) is 0 Å². The number of imide groups is 1. The molecule has 1 aromatic carbocycles. The molecule has 0 bridgehead atoms. The van der Waals surface area contributed by atoms with Gasteiger partial charge in [-0.3, -0.25) is 24.1 Å². The van der Waals surface area contributed by atoms with E-state index in [0.717, 1.165) is 4.90 Å². The van der Waals surface area contributed by atoms with E-state index in [9.17, 15) is 19.2 Å². The molecule has 0 unspecified atom stereocenters.